The van der Waals surface area contributed by atoms with Crippen molar-refractivity contribution in [1.29, 1.82) is 0 Å². The molecule has 88 valence electrons. The Labute approximate surface area is 101 Å². The molecule has 1 unspecified atom stereocenters. The van der Waals surface area contributed by atoms with E-state index in [4.69, 9.17) is 0 Å². The zero-order chi connectivity index (χ0) is 11.7. The summed E-state index contributed by atoms with van der Waals surface area (Å²) in [5, 5.41) is 7.55. The number of fused-ring (bicyclic) bond motifs is 1. The number of benzene rings is 1. The first-order valence-electron chi connectivity index (χ1n) is 6.10. The monoisotopic (exact) mass is 228 g/mol. The molecule has 0 aliphatic carbocycles. The fourth-order valence-electron chi connectivity index (χ4n) is 2.33. The summed E-state index contributed by atoms with van der Waals surface area (Å²) in [5.41, 5.74) is 2.69. The maximum Gasteiger partial charge on any atom is 0.221 e. The SMILES string of the molecule is CCc1ccc(C2CCNc3ncnn32)cc1. The minimum Gasteiger partial charge on any atom is -0.354 e. The molecule has 1 aliphatic heterocycles. The summed E-state index contributed by atoms with van der Waals surface area (Å²) in [4.78, 5) is 4.21. The molecule has 0 saturated heterocycles. The second-order valence-electron chi connectivity index (χ2n) is 4.35. The minimum atomic E-state index is 0.319. The molecule has 0 bridgehead atoms. The summed E-state index contributed by atoms with van der Waals surface area (Å²) in [6.45, 7) is 3.13. The molecule has 0 radical (unpaired) electrons. The first kappa shape index (κ1) is 10.3. The molecule has 2 heterocycles. The Hall–Kier alpha value is -1.84. The summed E-state index contributed by atoms with van der Waals surface area (Å²) in [6, 6.07) is 9.14. The van der Waals surface area contributed by atoms with Gasteiger partial charge in [0.1, 0.15) is 6.33 Å². The summed E-state index contributed by atoms with van der Waals surface area (Å²) in [7, 11) is 0. The molecule has 0 saturated carbocycles. The summed E-state index contributed by atoms with van der Waals surface area (Å²) in [6.07, 6.45) is 3.75. The van der Waals surface area contributed by atoms with Crippen LogP contribution in [0.4, 0.5) is 5.95 Å². The van der Waals surface area contributed by atoms with Gasteiger partial charge in [-0.3, -0.25) is 0 Å². The van der Waals surface area contributed by atoms with E-state index in [0.717, 1.165) is 25.3 Å². The Morgan fingerprint density at radius 3 is 2.94 bits per heavy atom. The first-order valence-corrected chi connectivity index (χ1v) is 6.10. The van der Waals surface area contributed by atoms with Crippen LogP contribution in [0.2, 0.25) is 0 Å². The Kier molecular flexibility index (Phi) is 2.55. The van der Waals surface area contributed by atoms with Crippen molar-refractivity contribution in [2.24, 2.45) is 0 Å². The lowest BCUT2D eigenvalue weighted by atomic mass is 10.0. The standard InChI is InChI=1S/C13H16N4/c1-2-10-3-5-11(6-4-10)12-7-8-14-13-15-9-16-17(12)13/h3-6,9,12H,2,7-8H2,1H3,(H,14,15,16). The third-order valence-electron chi connectivity index (χ3n) is 3.34. The quantitative estimate of drug-likeness (QED) is 0.857. The smallest absolute Gasteiger partial charge is 0.221 e. The van der Waals surface area contributed by atoms with E-state index in [-0.39, 0.29) is 0 Å². The van der Waals surface area contributed by atoms with E-state index in [1.807, 2.05) is 4.68 Å². The van der Waals surface area contributed by atoms with Crippen LogP contribution in [0.3, 0.4) is 0 Å². The molecule has 1 aromatic carbocycles. The summed E-state index contributed by atoms with van der Waals surface area (Å²) < 4.78 is 1.98. The van der Waals surface area contributed by atoms with Gasteiger partial charge in [0, 0.05) is 6.54 Å². The van der Waals surface area contributed by atoms with Crippen molar-refractivity contribution in [3.05, 3.63) is 41.7 Å². The molecule has 1 aliphatic rings. The van der Waals surface area contributed by atoms with Crippen LogP contribution >= 0.6 is 0 Å². The van der Waals surface area contributed by atoms with E-state index < -0.39 is 0 Å². The molecular weight excluding hydrogens is 212 g/mol. The molecule has 1 aromatic heterocycles. The van der Waals surface area contributed by atoms with E-state index in [9.17, 15) is 0 Å². The highest BCUT2D eigenvalue weighted by Gasteiger charge is 2.22. The topological polar surface area (TPSA) is 42.7 Å². The van der Waals surface area contributed by atoms with Crippen LogP contribution in [0.15, 0.2) is 30.6 Å². The molecule has 1 N–H and O–H groups in total. The molecule has 2 aromatic rings. The van der Waals surface area contributed by atoms with Gasteiger partial charge >= 0.3 is 0 Å². The third-order valence-corrected chi connectivity index (χ3v) is 3.34. The first-order chi connectivity index (χ1) is 8.38. The van der Waals surface area contributed by atoms with Gasteiger partial charge in [-0.2, -0.15) is 10.1 Å². The van der Waals surface area contributed by atoms with Gasteiger partial charge in [0.25, 0.3) is 0 Å². The zero-order valence-corrected chi connectivity index (χ0v) is 9.93. The van der Waals surface area contributed by atoms with Gasteiger partial charge in [-0.05, 0) is 24.0 Å². The van der Waals surface area contributed by atoms with E-state index in [2.05, 4.69) is 46.6 Å². The predicted octanol–water partition coefficient (Wildman–Crippen LogP) is 2.25. The molecule has 0 amide bonds. The van der Waals surface area contributed by atoms with Crippen molar-refractivity contribution in [3.8, 4) is 0 Å². The average molecular weight is 228 g/mol. The van der Waals surface area contributed by atoms with Gasteiger partial charge < -0.3 is 5.32 Å². The van der Waals surface area contributed by atoms with Crippen molar-refractivity contribution in [2.75, 3.05) is 11.9 Å². The third kappa shape index (κ3) is 1.79. The van der Waals surface area contributed by atoms with Crippen LogP contribution in [0.25, 0.3) is 0 Å². The fourth-order valence-corrected chi connectivity index (χ4v) is 2.33. The van der Waals surface area contributed by atoms with E-state index in [1.165, 1.54) is 11.1 Å². The molecule has 17 heavy (non-hydrogen) atoms. The number of rotatable bonds is 2. The van der Waals surface area contributed by atoms with Gasteiger partial charge in [-0.25, -0.2) is 4.68 Å². The van der Waals surface area contributed by atoms with Gasteiger partial charge in [0.15, 0.2) is 0 Å². The number of aromatic nitrogens is 3. The van der Waals surface area contributed by atoms with Crippen LogP contribution in [-0.4, -0.2) is 21.3 Å². The Bertz CT molecular complexity index is 500. The van der Waals surface area contributed by atoms with Gasteiger partial charge in [0.05, 0.1) is 6.04 Å². The molecular formula is C13H16N4. The zero-order valence-electron chi connectivity index (χ0n) is 9.93. The van der Waals surface area contributed by atoms with Crippen LogP contribution in [0.5, 0.6) is 0 Å². The summed E-state index contributed by atoms with van der Waals surface area (Å²) >= 11 is 0. The second kappa shape index (κ2) is 4.20. The van der Waals surface area contributed by atoms with Crippen molar-refractivity contribution in [3.63, 3.8) is 0 Å². The largest absolute Gasteiger partial charge is 0.354 e. The lowest BCUT2D eigenvalue weighted by molar-refractivity contribution is 0.480. The molecule has 3 rings (SSSR count). The molecule has 0 spiro atoms. The van der Waals surface area contributed by atoms with Crippen LogP contribution < -0.4 is 5.32 Å². The van der Waals surface area contributed by atoms with E-state index in [0.29, 0.717) is 6.04 Å². The van der Waals surface area contributed by atoms with Crippen LogP contribution in [0, 0.1) is 0 Å². The molecule has 1 atom stereocenters. The highest BCUT2D eigenvalue weighted by molar-refractivity contribution is 5.32. The lowest BCUT2D eigenvalue weighted by Crippen LogP contribution is -2.24. The Morgan fingerprint density at radius 1 is 1.35 bits per heavy atom. The fraction of sp³-hybridized carbons (Fsp3) is 0.385. The molecule has 4 heteroatoms. The number of aryl methyl sites for hydroxylation is 1. The second-order valence-corrected chi connectivity index (χ2v) is 4.35. The number of anilines is 1. The normalized spacial score (nSPS) is 18.5. The van der Waals surface area contributed by atoms with Crippen molar-refractivity contribution >= 4 is 5.95 Å². The van der Waals surface area contributed by atoms with Gasteiger partial charge in [0.2, 0.25) is 5.95 Å². The van der Waals surface area contributed by atoms with Crippen LogP contribution in [-0.2, 0) is 6.42 Å². The van der Waals surface area contributed by atoms with Gasteiger partial charge in [-0.1, -0.05) is 31.2 Å². The lowest BCUT2D eigenvalue weighted by Gasteiger charge is -2.24. The minimum absolute atomic E-state index is 0.319. The van der Waals surface area contributed by atoms with E-state index in [1.54, 1.807) is 6.33 Å². The van der Waals surface area contributed by atoms with Crippen molar-refractivity contribution in [2.45, 2.75) is 25.8 Å². The highest BCUT2D eigenvalue weighted by atomic mass is 15.4. The molecule has 4 nitrogen and oxygen atoms in total. The Balaban J connectivity index is 1.95. The van der Waals surface area contributed by atoms with Crippen molar-refractivity contribution in [1.82, 2.24) is 14.8 Å². The number of nitrogens with one attached hydrogen (secondary N) is 1. The average Bonchev–Trinajstić information content (AvgIpc) is 2.87. The van der Waals surface area contributed by atoms with E-state index >= 15 is 0 Å². The highest BCUT2D eigenvalue weighted by Crippen LogP contribution is 2.27. The number of nitrogens with zero attached hydrogens (tertiary/aromatic N) is 3. The van der Waals surface area contributed by atoms with Crippen molar-refractivity contribution < 1.29 is 0 Å². The van der Waals surface area contributed by atoms with Crippen LogP contribution in [0.1, 0.15) is 30.5 Å². The van der Waals surface area contributed by atoms with Gasteiger partial charge in [-0.15, -0.1) is 0 Å². The summed E-state index contributed by atoms with van der Waals surface area (Å²) in [5.74, 6) is 0.876. The molecule has 0 fully saturated rings. The Morgan fingerprint density at radius 2 is 2.18 bits per heavy atom. The predicted molar refractivity (Wildman–Crippen MR) is 67.1 cm³/mol. The maximum absolute atomic E-state index is 4.30. The number of hydrogen-bond acceptors (Lipinski definition) is 3. The maximum atomic E-state index is 4.30. The number of hydrogen-bond donors (Lipinski definition) is 1.